The normalized spacial score (nSPS) is 25.1. The van der Waals surface area contributed by atoms with E-state index in [2.05, 4.69) is 60.9 Å². The van der Waals surface area contributed by atoms with Gasteiger partial charge >= 0.3 is 0 Å². The maximum absolute atomic E-state index is 12.8. The first-order valence-electron chi connectivity index (χ1n) is 10.5. The summed E-state index contributed by atoms with van der Waals surface area (Å²) in [6, 6.07) is 11.6. The molecule has 0 N–H and O–H groups in total. The van der Waals surface area contributed by atoms with Crippen molar-refractivity contribution in [3.8, 4) is 0 Å². The van der Waals surface area contributed by atoms with E-state index in [1.54, 1.807) is 0 Å². The molecule has 1 aromatic rings. The zero-order chi connectivity index (χ0) is 19.2. The fourth-order valence-electron chi connectivity index (χ4n) is 4.33. The summed E-state index contributed by atoms with van der Waals surface area (Å²) < 4.78 is 5.71. The van der Waals surface area contributed by atoms with Gasteiger partial charge in [0.05, 0.1) is 19.3 Å². The van der Waals surface area contributed by atoms with E-state index in [0.29, 0.717) is 25.2 Å². The van der Waals surface area contributed by atoms with Gasteiger partial charge in [-0.05, 0) is 31.9 Å². The van der Waals surface area contributed by atoms with Crippen LogP contribution in [0.3, 0.4) is 0 Å². The van der Waals surface area contributed by atoms with Gasteiger partial charge in [0.15, 0.2) is 0 Å². The predicted molar refractivity (Wildman–Crippen MR) is 109 cm³/mol. The Morgan fingerprint density at radius 2 is 2.00 bits per heavy atom. The van der Waals surface area contributed by atoms with Gasteiger partial charge in [0.1, 0.15) is 0 Å². The molecule has 3 rings (SSSR count). The Morgan fingerprint density at radius 1 is 1.22 bits per heavy atom. The summed E-state index contributed by atoms with van der Waals surface area (Å²) in [6.45, 7) is 12.3. The number of hydrogen-bond donors (Lipinski definition) is 0. The quantitative estimate of drug-likeness (QED) is 0.736. The number of hydrogen-bond acceptors (Lipinski definition) is 4. The number of morpholine rings is 1. The van der Waals surface area contributed by atoms with E-state index < -0.39 is 0 Å². The van der Waals surface area contributed by atoms with Crippen molar-refractivity contribution in [3.63, 3.8) is 0 Å². The minimum atomic E-state index is 0.200. The first-order valence-corrected chi connectivity index (χ1v) is 10.5. The Hall–Kier alpha value is -1.43. The number of carbonyl (C=O) groups excluding carboxylic acids is 1. The van der Waals surface area contributed by atoms with Gasteiger partial charge in [0, 0.05) is 38.3 Å². The van der Waals surface area contributed by atoms with Gasteiger partial charge in [0.2, 0.25) is 5.91 Å². The first kappa shape index (κ1) is 20.3. The molecular formula is C22H35N3O2. The minimum Gasteiger partial charge on any atom is -0.375 e. The topological polar surface area (TPSA) is 36.0 Å². The maximum atomic E-state index is 12.8. The van der Waals surface area contributed by atoms with Crippen LogP contribution in [0, 0.1) is 0 Å². The van der Waals surface area contributed by atoms with E-state index in [1.165, 1.54) is 5.56 Å². The Labute approximate surface area is 164 Å². The van der Waals surface area contributed by atoms with Crippen LogP contribution in [-0.4, -0.2) is 78.6 Å². The lowest BCUT2D eigenvalue weighted by atomic mass is 10.1. The minimum absolute atomic E-state index is 0.200. The van der Waals surface area contributed by atoms with Crippen molar-refractivity contribution >= 4 is 5.91 Å². The van der Waals surface area contributed by atoms with E-state index >= 15 is 0 Å². The van der Waals surface area contributed by atoms with Crippen molar-refractivity contribution in [2.75, 3.05) is 45.9 Å². The van der Waals surface area contributed by atoms with Gasteiger partial charge in [-0.15, -0.1) is 0 Å². The molecule has 2 heterocycles. The number of carbonyl (C=O) groups is 1. The Balaban J connectivity index is 1.54. The van der Waals surface area contributed by atoms with Crippen LogP contribution >= 0.6 is 0 Å². The summed E-state index contributed by atoms with van der Waals surface area (Å²) in [5.41, 5.74) is 1.37. The average molecular weight is 374 g/mol. The van der Waals surface area contributed by atoms with E-state index in [1.807, 2.05) is 4.90 Å². The highest BCUT2D eigenvalue weighted by Crippen LogP contribution is 2.26. The summed E-state index contributed by atoms with van der Waals surface area (Å²) in [5, 5.41) is 0. The van der Waals surface area contributed by atoms with Gasteiger partial charge in [0.25, 0.3) is 0 Å². The second-order valence-corrected chi connectivity index (χ2v) is 7.83. The van der Waals surface area contributed by atoms with Gasteiger partial charge in [-0.1, -0.05) is 44.2 Å². The number of nitrogens with zero attached hydrogens (tertiary/aromatic N) is 3. The molecule has 2 fully saturated rings. The molecule has 0 spiro atoms. The third kappa shape index (κ3) is 5.09. The highest BCUT2D eigenvalue weighted by Gasteiger charge is 2.32. The lowest BCUT2D eigenvalue weighted by Crippen LogP contribution is -2.50. The monoisotopic (exact) mass is 373 g/mol. The molecule has 1 amide bonds. The zero-order valence-corrected chi connectivity index (χ0v) is 17.1. The van der Waals surface area contributed by atoms with Crippen molar-refractivity contribution < 1.29 is 9.53 Å². The van der Waals surface area contributed by atoms with Crippen molar-refractivity contribution in [3.05, 3.63) is 35.9 Å². The SMILES string of the molecule is CCC1CN(C(=O)CN(CC)C2CCN(C(C)c3ccccc3)C2)CCO1. The molecule has 0 bridgehead atoms. The molecule has 0 radical (unpaired) electrons. The molecule has 1 aromatic carbocycles. The molecule has 2 aliphatic rings. The maximum Gasteiger partial charge on any atom is 0.236 e. The lowest BCUT2D eigenvalue weighted by Gasteiger charge is -2.35. The molecule has 0 saturated carbocycles. The van der Waals surface area contributed by atoms with Crippen LogP contribution in [0.2, 0.25) is 0 Å². The summed E-state index contributed by atoms with van der Waals surface area (Å²) in [5.74, 6) is 0.258. The van der Waals surface area contributed by atoms with E-state index in [-0.39, 0.29) is 12.0 Å². The number of likely N-dealkylation sites (N-methyl/N-ethyl adjacent to an activating group) is 1. The molecule has 2 aliphatic heterocycles. The number of amides is 1. The third-order valence-corrected chi connectivity index (χ3v) is 6.23. The van der Waals surface area contributed by atoms with Crippen molar-refractivity contribution in [2.24, 2.45) is 0 Å². The Bertz CT molecular complexity index is 594. The Kier molecular flexibility index (Phi) is 7.27. The van der Waals surface area contributed by atoms with Crippen LogP contribution in [0.1, 0.15) is 45.2 Å². The van der Waals surface area contributed by atoms with E-state index in [0.717, 1.165) is 45.6 Å². The number of rotatable bonds is 7. The van der Waals surface area contributed by atoms with Gasteiger partial charge in [-0.3, -0.25) is 14.6 Å². The molecule has 150 valence electrons. The third-order valence-electron chi connectivity index (χ3n) is 6.23. The smallest absolute Gasteiger partial charge is 0.236 e. The standard InChI is InChI=1S/C22H35N3O2/c1-4-21-16-25(13-14-27-21)22(26)17-23(5-2)20-11-12-24(15-20)18(3)19-9-7-6-8-10-19/h6-10,18,20-21H,4-5,11-17H2,1-3H3. The molecule has 3 atom stereocenters. The first-order chi connectivity index (χ1) is 13.1. The predicted octanol–water partition coefficient (Wildman–Crippen LogP) is 2.78. The zero-order valence-electron chi connectivity index (χ0n) is 17.1. The largest absolute Gasteiger partial charge is 0.375 e. The van der Waals surface area contributed by atoms with E-state index in [9.17, 15) is 4.79 Å². The summed E-state index contributed by atoms with van der Waals surface area (Å²) in [4.78, 5) is 19.8. The van der Waals surface area contributed by atoms with Crippen LogP contribution in [0.15, 0.2) is 30.3 Å². The molecule has 2 saturated heterocycles. The summed E-state index contributed by atoms with van der Waals surface area (Å²) >= 11 is 0. The fourth-order valence-corrected chi connectivity index (χ4v) is 4.33. The molecule has 5 nitrogen and oxygen atoms in total. The second kappa shape index (κ2) is 9.67. The van der Waals surface area contributed by atoms with Gasteiger partial charge in [-0.2, -0.15) is 0 Å². The number of likely N-dealkylation sites (tertiary alicyclic amines) is 1. The highest BCUT2D eigenvalue weighted by atomic mass is 16.5. The van der Waals surface area contributed by atoms with Crippen LogP contribution < -0.4 is 0 Å². The number of benzene rings is 1. The van der Waals surface area contributed by atoms with Crippen LogP contribution in [-0.2, 0) is 9.53 Å². The molecule has 0 aromatic heterocycles. The molecule has 5 heteroatoms. The average Bonchev–Trinajstić information content (AvgIpc) is 3.22. The van der Waals surface area contributed by atoms with Crippen LogP contribution in [0.4, 0.5) is 0 Å². The Morgan fingerprint density at radius 3 is 2.70 bits per heavy atom. The molecule has 3 unspecified atom stereocenters. The van der Waals surface area contributed by atoms with E-state index in [4.69, 9.17) is 4.74 Å². The molecule has 0 aliphatic carbocycles. The van der Waals surface area contributed by atoms with Gasteiger partial charge in [-0.25, -0.2) is 0 Å². The van der Waals surface area contributed by atoms with Gasteiger partial charge < -0.3 is 9.64 Å². The number of ether oxygens (including phenoxy) is 1. The summed E-state index contributed by atoms with van der Waals surface area (Å²) in [7, 11) is 0. The molecule has 27 heavy (non-hydrogen) atoms. The van der Waals surface area contributed by atoms with Crippen LogP contribution in [0.5, 0.6) is 0 Å². The van der Waals surface area contributed by atoms with Crippen molar-refractivity contribution in [1.82, 2.24) is 14.7 Å². The van der Waals surface area contributed by atoms with Crippen molar-refractivity contribution in [2.45, 2.75) is 51.8 Å². The summed E-state index contributed by atoms with van der Waals surface area (Å²) in [6.07, 6.45) is 2.31. The van der Waals surface area contributed by atoms with Crippen LogP contribution in [0.25, 0.3) is 0 Å². The highest BCUT2D eigenvalue weighted by molar-refractivity contribution is 5.78. The van der Waals surface area contributed by atoms with Crippen molar-refractivity contribution in [1.29, 1.82) is 0 Å². The lowest BCUT2D eigenvalue weighted by molar-refractivity contribution is -0.140. The second-order valence-electron chi connectivity index (χ2n) is 7.83. The fraction of sp³-hybridized carbons (Fsp3) is 0.682. The molecular weight excluding hydrogens is 338 g/mol.